The number of anilines is 1. The molecular formula is C12H10ClNO2S. The average Bonchev–Trinajstić information content (AvgIpc) is 2.69. The first-order chi connectivity index (χ1) is 8.06. The van der Waals surface area contributed by atoms with Crippen LogP contribution in [0.1, 0.15) is 14.5 Å². The molecule has 3 nitrogen and oxygen atoms in total. The number of carbonyl (C=O) groups is 1. The van der Waals surface area contributed by atoms with Crippen LogP contribution in [0.4, 0.5) is 5.69 Å². The van der Waals surface area contributed by atoms with Gasteiger partial charge in [-0.3, -0.25) is 4.79 Å². The van der Waals surface area contributed by atoms with Gasteiger partial charge in [0.2, 0.25) is 0 Å². The molecule has 1 aromatic carbocycles. The van der Waals surface area contributed by atoms with E-state index in [1.807, 2.05) is 13.0 Å². The van der Waals surface area contributed by atoms with E-state index in [1.54, 1.807) is 12.1 Å². The Balaban J connectivity index is 2.18. The fourth-order valence-corrected chi connectivity index (χ4v) is 2.33. The number of thiophene rings is 1. The first-order valence-corrected chi connectivity index (χ1v) is 6.12. The van der Waals surface area contributed by atoms with Gasteiger partial charge in [0.05, 0.1) is 15.6 Å². The molecule has 88 valence electrons. The fraction of sp³-hybridized carbons (Fsp3) is 0.0833. The minimum atomic E-state index is -0.198. The number of hydrogen-bond donors (Lipinski definition) is 2. The molecule has 1 amide bonds. The molecule has 5 heteroatoms. The molecule has 0 aliphatic rings. The van der Waals surface area contributed by atoms with E-state index in [1.165, 1.54) is 23.5 Å². The van der Waals surface area contributed by atoms with Gasteiger partial charge in [0, 0.05) is 10.9 Å². The zero-order valence-corrected chi connectivity index (χ0v) is 10.6. The van der Waals surface area contributed by atoms with E-state index in [2.05, 4.69) is 5.32 Å². The number of phenols is 1. The van der Waals surface area contributed by atoms with Crippen molar-refractivity contribution in [1.29, 1.82) is 0 Å². The Morgan fingerprint density at radius 3 is 2.71 bits per heavy atom. The predicted molar refractivity (Wildman–Crippen MR) is 70.1 cm³/mol. The highest BCUT2D eigenvalue weighted by Crippen LogP contribution is 2.27. The Hall–Kier alpha value is -1.52. The van der Waals surface area contributed by atoms with Crippen LogP contribution >= 0.6 is 22.9 Å². The molecule has 0 radical (unpaired) electrons. The number of hydrogen-bond acceptors (Lipinski definition) is 3. The number of benzene rings is 1. The predicted octanol–water partition coefficient (Wildman–Crippen LogP) is 3.67. The van der Waals surface area contributed by atoms with Crippen molar-refractivity contribution in [2.75, 3.05) is 5.32 Å². The van der Waals surface area contributed by atoms with Gasteiger partial charge in [0.1, 0.15) is 5.75 Å². The third kappa shape index (κ3) is 2.78. The summed E-state index contributed by atoms with van der Waals surface area (Å²) in [6.45, 7) is 1.94. The second-order valence-electron chi connectivity index (χ2n) is 3.53. The summed E-state index contributed by atoms with van der Waals surface area (Å²) in [6, 6.07) is 8.08. The van der Waals surface area contributed by atoms with E-state index >= 15 is 0 Å². The van der Waals surface area contributed by atoms with E-state index < -0.39 is 0 Å². The zero-order valence-electron chi connectivity index (χ0n) is 9.03. The summed E-state index contributed by atoms with van der Waals surface area (Å²) in [7, 11) is 0. The lowest BCUT2D eigenvalue weighted by Gasteiger charge is -2.05. The van der Waals surface area contributed by atoms with Crippen molar-refractivity contribution in [2.24, 2.45) is 0 Å². The number of halogens is 1. The lowest BCUT2D eigenvalue weighted by molar-refractivity contribution is 0.103. The van der Waals surface area contributed by atoms with Crippen molar-refractivity contribution in [3.05, 3.63) is 45.1 Å². The van der Waals surface area contributed by atoms with Crippen LogP contribution in [0.15, 0.2) is 30.3 Å². The van der Waals surface area contributed by atoms with Gasteiger partial charge in [0.15, 0.2) is 0 Å². The van der Waals surface area contributed by atoms with Crippen LogP contribution in [0.3, 0.4) is 0 Å². The normalized spacial score (nSPS) is 10.2. The van der Waals surface area contributed by atoms with E-state index in [4.69, 9.17) is 11.6 Å². The van der Waals surface area contributed by atoms with Crippen molar-refractivity contribution in [3.63, 3.8) is 0 Å². The number of phenolic OH excluding ortho intramolecular Hbond substituents is 1. The Morgan fingerprint density at radius 1 is 1.35 bits per heavy atom. The minimum Gasteiger partial charge on any atom is -0.508 e. The van der Waals surface area contributed by atoms with Gasteiger partial charge in [0.25, 0.3) is 5.91 Å². The Labute approximate surface area is 108 Å². The molecule has 17 heavy (non-hydrogen) atoms. The van der Waals surface area contributed by atoms with Crippen LogP contribution in [-0.4, -0.2) is 11.0 Å². The van der Waals surface area contributed by atoms with E-state index in [0.29, 0.717) is 15.6 Å². The molecule has 2 aromatic rings. The van der Waals surface area contributed by atoms with Gasteiger partial charge in [-0.15, -0.1) is 11.3 Å². The largest absolute Gasteiger partial charge is 0.508 e. The van der Waals surface area contributed by atoms with Gasteiger partial charge in [-0.25, -0.2) is 0 Å². The molecule has 2 rings (SSSR count). The topological polar surface area (TPSA) is 49.3 Å². The second kappa shape index (κ2) is 4.77. The van der Waals surface area contributed by atoms with Crippen molar-refractivity contribution in [3.8, 4) is 5.75 Å². The molecule has 0 aliphatic carbocycles. The quantitative estimate of drug-likeness (QED) is 0.816. The molecule has 0 atom stereocenters. The maximum atomic E-state index is 11.8. The summed E-state index contributed by atoms with van der Waals surface area (Å²) >= 11 is 7.31. The Kier molecular flexibility index (Phi) is 3.36. The number of amides is 1. The molecule has 1 aromatic heterocycles. The lowest BCUT2D eigenvalue weighted by Crippen LogP contribution is -2.10. The van der Waals surface area contributed by atoms with Crippen LogP contribution < -0.4 is 5.32 Å². The summed E-state index contributed by atoms with van der Waals surface area (Å²) < 4.78 is 0. The molecular weight excluding hydrogens is 258 g/mol. The van der Waals surface area contributed by atoms with Gasteiger partial charge in [-0.1, -0.05) is 11.6 Å². The van der Waals surface area contributed by atoms with Gasteiger partial charge in [-0.05, 0) is 31.2 Å². The molecule has 0 saturated heterocycles. The summed E-state index contributed by atoms with van der Waals surface area (Å²) in [5.41, 5.74) is 0.487. The summed E-state index contributed by atoms with van der Waals surface area (Å²) in [4.78, 5) is 13.5. The van der Waals surface area contributed by atoms with Crippen LogP contribution in [0.2, 0.25) is 5.02 Å². The number of nitrogens with one attached hydrogen (secondary N) is 1. The Bertz CT molecular complexity index is 565. The first kappa shape index (κ1) is 12.0. The van der Waals surface area contributed by atoms with Crippen LogP contribution in [0.25, 0.3) is 0 Å². The highest BCUT2D eigenvalue weighted by Gasteiger charge is 2.10. The molecule has 1 heterocycles. The van der Waals surface area contributed by atoms with Crippen LogP contribution in [0.5, 0.6) is 5.75 Å². The van der Waals surface area contributed by atoms with E-state index in [9.17, 15) is 9.90 Å². The summed E-state index contributed by atoms with van der Waals surface area (Å²) in [5.74, 6) is -0.129. The highest BCUT2D eigenvalue weighted by molar-refractivity contribution is 7.14. The third-order valence-corrected chi connectivity index (χ3v) is 3.48. The van der Waals surface area contributed by atoms with Crippen molar-refractivity contribution < 1.29 is 9.90 Å². The molecule has 0 unspecified atom stereocenters. The molecule has 2 N–H and O–H groups in total. The van der Waals surface area contributed by atoms with Crippen molar-refractivity contribution in [1.82, 2.24) is 0 Å². The molecule has 0 bridgehead atoms. The Morgan fingerprint density at radius 2 is 2.12 bits per heavy atom. The molecule has 0 spiro atoms. The van der Waals surface area contributed by atoms with Crippen molar-refractivity contribution in [2.45, 2.75) is 6.92 Å². The number of aryl methyl sites for hydroxylation is 1. The smallest absolute Gasteiger partial charge is 0.265 e. The second-order valence-corrected chi connectivity index (χ2v) is 5.22. The average molecular weight is 268 g/mol. The maximum absolute atomic E-state index is 11.8. The van der Waals surface area contributed by atoms with Crippen LogP contribution in [-0.2, 0) is 0 Å². The van der Waals surface area contributed by atoms with Gasteiger partial charge >= 0.3 is 0 Å². The summed E-state index contributed by atoms with van der Waals surface area (Å²) in [6.07, 6.45) is 0. The molecule has 0 fully saturated rings. The fourth-order valence-electron chi connectivity index (χ4n) is 1.35. The molecule has 0 aliphatic heterocycles. The van der Waals surface area contributed by atoms with Crippen molar-refractivity contribution >= 4 is 34.5 Å². The number of rotatable bonds is 2. The number of aromatic hydroxyl groups is 1. The minimum absolute atomic E-state index is 0.0694. The van der Waals surface area contributed by atoms with E-state index in [-0.39, 0.29) is 11.7 Å². The third-order valence-electron chi connectivity index (χ3n) is 2.17. The van der Waals surface area contributed by atoms with E-state index in [0.717, 1.165) is 4.88 Å². The maximum Gasteiger partial charge on any atom is 0.265 e. The monoisotopic (exact) mass is 267 g/mol. The van der Waals surface area contributed by atoms with Crippen LogP contribution in [0, 0.1) is 6.92 Å². The zero-order chi connectivity index (χ0) is 12.4. The SMILES string of the molecule is Cc1ccc(C(=O)Nc2ccc(O)cc2Cl)s1. The van der Waals surface area contributed by atoms with Gasteiger partial charge in [-0.2, -0.15) is 0 Å². The molecule has 0 saturated carbocycles. The summed E-state index contributed by atoms with van der Waals surface area (Å²) in [5, 5.41) is 12.2. The lowest BCUT2D eigenvalue weighted by atomic mass is 10.3. The highest BCUT2D eigenvalue weighted by atomic mass is 35.5. The standard InChI is InChI=1S/C12H10ClNO2S/c1-7-2-5-11(17-7)12(16)14-10-4-3-8(15)6-9(10)13/h2-6,15H,1H3,(H,14,16). The number of carbonyl (C=O) groups excluding carboxylic acids is 1. The van der Waals surface area contributed by atoms with Gasteiger partial charge < -0.3 is 10.4 Å². The first-order valence-electron chi connectivity index (χ1n) is 4.92.